The second-order valence-electron chi connectivity index (χ2n) is 6.66. The molecule has 0 saturated heterocycles. The second-order valence-corrected chi connectivity index (χ2v) is 7.07. The molecule has 0 aliphatic rings. The molecule has 2 amide bonds. The molecular weight excluding hydrogens is 376 g/mol. The van der Waals surface area contributed by atoms with E-state index >= 15 is 0 Å². The zero-order valence-electron chi connectivity index (χ0n) is 16.3. The summed E-state index contributed by atoms with van der Waals surface area (Å²) in [5.41, 5.74) is 1.72. The van der Waals surface area contributed by atoms with E-state index in [9.17, 15) is 9.59 Å². The highest BCUT2D eigenvalue weighted by Crippen LogP contribution is 2.20. The van der Waals surface area contributed by atoms with Crippen LogP contribution in [-0.2, 0) is 9.59 Å². The first kappa shape index (κ1) is 21.7. The Labute approximate surface area is 171 Å². The molecule has 0 saturated carbocycles. The molecule has 2 aromatic carbocycles. The predicted molar refractivity (Wildman–Crippen MR) is 115 cm³/mol. The molecule has 0 unspecified atom stereocenters. The van der Waals surface area contributed by atoms with Crippen molar-refractivity contribution in [1.82, 2.24) is 10.2 Å². The maximum atomic E-state index is 12.1. The van der Waals surface area contributed by atoms with Crippen LogP contribution in [0.15, 0.2) is 54.6 Å². The first-order valence-corrected chi connectivity index (χ1v) is 9.59. The van der Waals surface area contributed by atoms with Crippen LogP contribution in [0.4, 0.5) is 11.4 Å². The standard InChI is InChI=1S/C21H27ClN4O2/c1-25(16-21(28)24-19-12-7-6-11-18(19)22)15-20(27)23-13-8-14-26(2)17-9-4-3-5-10-17/h3-7,9-12H,8,13-16H2,1-2H3,(H,23,27)(H,24,28). The van der Waals surface area contributed by atoms with E-state index in [1.54, 1.807) is 36.2 Å². The molecule has 150 valence electrons. The minimum absolute atomic E-state index is 0.101. The van der Waals surface area contributed by atoms with Crippen molar-refractivity contribution < 1.29 is 9.59 Å². The summed E-state index contributed by atoms with van der Waals surface area (Å²) in [5.74, 6) is -0.316. The first-order valence-electron chi connectivity index (χ1n) is 9.21. The highest BCUT2D eigenvalue weighted by molar-refractivity contribution is 6.33. The Bertz CT molecular complexity index is 770. The van der Waals surface area contributed by atoms with Gasteiger partial charge in [0, 0.05) is 25.8 Å². The molecule has 2 N–H and O–H groups in total. The summed E-state index contributed by atoms with van der Waals surface area (Å²) in [6, 6.07) is 17.2. The number of benzene rings is 2. The van der Waals surface area contributed by atoms with Crippen molar-refractivity contribution in [3.8, 4) is 0 Å². The maximum absolute atomic E-state index is 12.1. The van der Waals surface area contributed by atoms with Gasteiger partial charge in [-0.1, -0.05) is 41.9 Å². The number of carbonyl (C=O) groups is 2. The Hall–Kier alpha value is -2.57. The van der Waals surface area contributed by atoms with Crippen molar-refractivity contribution in [1.29, 1.82) is 0 Å². The minimum Gasteiger partial charge on any atom is -0.375 e. The quantitative estimate of drug-likeness (QED) is 0.600. The number of hydrogen-bond acceptors (Lipinski definition) is 4. The van der Waals surface area contributed by atoms with E-state index in [2.05, 4.69) is 27.7 Å². The number of hydrogen-bond donors (Lipinski definition) is 2. The Morgan fingerprint density at radius 2 is 1.57 bits per heavy atom. The van der Waals surface area contributed by atoms with E-state index in [0.717, 1.165) is 18.7 Å². The molecular formula is C21H27ClN4O2. The molecule has 0 spiro atoms. The van der Waals surface area contributed by atoms with Gasteiger partial charge in [-0.05, 0) is 37.7 Å². The lowest BCUT2D eigenvalue weighted by Crippen LogP contribution is -2.39. The minimum atomic E-state index is -0.215. The number of anilines is 2. The summed E-state index contributed by atoms with van der Waals surface area (Å²) in [7, 11) is 3.76. The fourth-order valence-electron chi connectivity index (χ4n) is 2.71. The lowest BCUT2D eigenvalue weighted by molar-refractivity contribution is -0.122. The van der Waals surface area contributed by atoms with Gasteiger partial charge in [0.15, 0.2) is 0 Å². The van der Waals surface area contributed by atoms with Crippen molar-refractivity contribution in [2.24, 2.45) is 0 Å². The van der Waals surface area contributed by atoms with Gasteiger partial charge in [-0.25, -0.2) is 0 Å². The lowest BCUT2D eigenvalue weighted by atomic mass is 10.3. The van der Waals surface area contributed by atoms with Crippen LogP contribution < -0.4 is 15.5 Å². The van der Waals surface area contributed by atoms with Crippen LogP contribution in [0, 0.1) is 0 Å². The lowest BCUT2D eigenvalue weighted by Gasteiger charge is -2.19. The molecule has 0 radical (unpaired) electrons. The molecule has 28 heavy (non-hydrogen) atoms. The van der Waals surface area contributed by atoms with Crippen LogP contribution in [-0.4, -0.2) is 57.0 Å². The number of halogens is 1. The van der Waals surface area contributed by atoms with E-state index in [4.69, 9.17) is 11.6 Å². The molecule has 0 atom stereocenters. The Morgan fingerprint density at radius 3 is 2.29 bits per heavy atom. The van der Waals surface area contributed by atoms with Crippen LogP contribution in [0.5, 0.6) is 0 Å². The summed E-state index contributed by atoms with van der Waals surface area (Å²) in [6.07, 6.45) is 0.841. The van der Waals surface area contributed by atoms with Gasteiger partial charge in [-0.2, -0.15) is 0 Å². The molecule has 6 nitrogen and oxygen atoms in total. The normalized spacial score (nSPS) is 10.6. The van der Waals surface area contributed by atoms with Crippen LogP contribution in [0.1, 0.15) is 6.42 Å². The Morgan fingerprint density at radius 1 is 0.929 bits per heavy atom. The summed E-state index contributed by atoms with van der Waals surface area (Å²) in [4.78, 5) is 27.9. The number of nitrogens with one attached hydrogen (secondary N) is 2. The van der Waals surface area contributed by atoms with Gasteiger partial charge in [0.05, 0.1) is 23.8 Å². The Kier molecular flexibility index (Phi) is 8.78. The van der Waals surface area contributed by atoms with Crippen LogP contribution >= 0.6 is 11.6 Å². The highest BCUT2D eigenvalue weighted by Gasteiger charge is 2.12. The number of carbonyl (C=O) groups excluding carboxylic acids is 2. The summed E-state index contributed by atoms with van der Waals surface area (Å²) >= 11 is 6.03. The van der Waals surface area contributed by atoms with Gasteiger partial charge in [-0.3, -0.25) is 14.5 Å². The predicted octanol–water partition coefficient (Wildman–Crippen LogP) is 2.85. The van der Waals surface area contributed by atoms with Crippen molar-refractivity contribution >= 4 is 34.8 Å². The summed E-state index contributed by atoms with van der Waals surface area (Å²) in [5, 5.41) is 6.12. The van der Waals surface area contributed by atoms with E-state index in [0.29, 0.717) is 17.3 Å². The molecule has 7 heteroatoms. The van der Waals surface area contributed by atoms with E-state index in [1.165, 1.54) is 0 Å². The number of amides is 2. The maximum Gasteiger partial charge on any atom is 0.238 e. The summed E-state index contributed by atoms with van der Waals surface area (Å²) < 4.78 is 0. The van der Waals surface area contributed by atoms with Gasteiger partial charge < -0.3 is 15.5 Å². The monoisotopic (exact) mass is 402 g/mol. The largest absolute Gasteiger partial charge is 0.375 e. The van der Waals surface area contributed by atoms with Crippen LogP contribution in [0.3, 0.4) is 0 Å². The molecule has 0 aromatic heterocycles. The van der Waals surface area contributed by atoms with E-state index in [-0.39, 0.29) is 24.9 Å². The molecule has 0 fully saturated rings. The fourth-order valence-corrected chi connectivity index (χ4v) is 2.89. The van der Waals surface area contributed by atoms with Gasteiger partial charge in [-0.15, -0.1) is 0 Å². The van der Waals surface area contributed by atoms with Crippen molar-refractivity contribution in [3.63, 3.8) is 0 Å². The molecule has 0 heterocycles. The molecule has 0 aliphatic carbocycles. The molecule has 2 rings (SSSR count). The summed E-state index contributed by atoms with van der Waals surface area (Å²) in [6.45, 7) is 1.70. The number of likely N-dealkylation sites (N-methyl/N-ethyl adjacent to an activating group) is 1. The zero-order chi connectivity index (χ0) is 20.4. The SMILES string of the molecule is CN(CC(=O)NCCCN(C)c1ccccc1)CC(=O)Nc1ccccc1Cl. The fraction of sp³-hybridized carbons (Fsp3) is 0.333. The number of nitrogens with zero attached hydrogens (tertiary/aromatic N) is 2. The van der Waals surface area contributed by atoms with Gasteiger partial charge >= 0.3 is 0 Å². The average Bonchev–Trinajstić information content (AvgIpc) is 2.67. The van der Waals surface area contributed by atoms with Crippen molar-refractivity contribution in [2.75, 3.05) is 50.5 Å². The van der Waals surface area contributed by atoms with E-state index < -0.39 is 0 Å². The number of para-hydroxylation sites is 2. The van der Waals surface area contributed by atoms with Crippen LogP contribution in [0.2, 0.25) is 5.02 Å². The Balaban J connectivity index is 1.63. The number of rotatable bonds is 10. The molecule has 2 aromatic rings. The van der Waals surface area contributed by atoms with Gasteiger partial charge in [0.2, 0.25) is 11.8 Å². The van der Waals surface area contributed by atoms with Gasteiger partial charge in [0.25, 0.3) is 0 Å². The first-order chi connectivity index (χ1) is 13.5. The molecule has 0 bridgehead atoms. The van der Waals surface area contributed by atoms with E-state index in [1.807, 2.05) is 25.2 Å². The second kappa shape index (κ2) is 11.3. The molecule has 0 aliphatic heterocycles. The third kappa shape index (κ3) is 7.58. The third-order valence-corrected chi connectivity index (χ3v) is 4.49. The smallest absolute Gasteiger partial charge is 0.238 e. The third-order valence-electron chi connectivity index (χ3n) is 4.16. The van der Waals surface area contributed by atoms with Crippen LogP contribution in [0.25, 0.3) is 0 Å². The topological polar surface area (TPSA) is 64.7 Å². The van der Waals surface area contributed by atoms with Gasteiger partial charge in [0.1, 0.15) is 0 Å². The van der Waals surface area contributed by atoms with Crippen molar-refractivity contribution in [2.45, 2.75) is 6.42 Å². The zero-order valence-corrected chi connectivity index (χ0v) is 17.1. The van der Waals surface area contributed by atoms with Crippen molar-refractivity contribution in [3.05, 3.63) is 59.6 Å². The highest BCUT2D eigenvalue weighted by atomic mass is 35.5. The average molecular weight is 403 g/mol.